The van der Waals surface area contributed by atoms with Crippen molar-refractivity contribution in [2.75, 3.05) is 7.11 Å². The van der Waals surface area contributed by atoms with Gasteiger partial charge in [-0.3, -0.25) is 4.98 Å². The molecule has 0 fully saturated rings. The first kappa shape index (κ1) is 5.54. The highest BCUT2D eigenvalue weighted by molar-refractivity contribution is 5.40. The first-order valence-electron chi connectivity index (χ1n) is 5.05. The van der Waals surface area contributed by atoms with Crippen molar-refractivity contribution in [1.29, 1.82) is 0 Å². The van der Waals surface area contributed by atoms with Gasteiger partial charge < -0.3 is 9.84 Å². The molecule has 0 aliphatic heterocycles. The smallest absolute Gasteiger partial charge is 0.128 e. The van der Waals surface area contributed by atoms with Gasteiger partial charge >= 0.3 is 0 Å². The van der Waals surface area contributed by atoms with E-state index in [1.54, 1.807) is 6.92 Å². The van der Waals surface area contributed by atoms with Gasteiger partial charge in [-0.2, -0.15) is 0 Å². The van der Waals surface area contributed by atoms with E-state index in [1.165, 1.54) is 13.3 Å². The number of rotatable bonds is 2. The van der Waals surface area contributed by atoms with Crippen molar-refractivity contribution in [3.8, 4) is 5.75 Å². The van der Waals surface area contributed by atoms with Crippen LogP contribution in [-0.2, 0) is 6.61 Å². The zero-order valence-corrected chi connectivity index (χ0v) is 7.09. The number of ether oxygens (including phenoxy) is 1. The number of methoxy groups -OCH3 is 1. The topological polar surface area (TPSA) is 42.4 Å². The first-order chi connectivity index (χ1) is 6.91. The van der Waals surface area contributed by atoms with E-state index in [9.17, 15) is 0 Å². The molecule has 0 aliphatic carbocycles. The zero-order valence-electron chi connectivity index (χ0n) is 10.1. The Morgan fingerprint density at radius 1 is 1.75 bits per heavy atom. The lowest BCUT2D eigenvalue weighted by molar-refractivity contribution is 0.274. The Morgan fingerprint density at radius 2 is 2.50 bits per heavy atom. The first-order valence-corrected chi connectivity index (χ1v) is 3.55. The summed E-state index contributed by atoms with van der Waals surface area (Å²) >= 11 is 0. The van der Waals surface area contributed by atoms with Crippen LogP contribution >= 0.6 is 0 Å². The predicted octanol–water partition coefficient (Wildman–Crippen LogP) is 1.20. The van der Waals surface area contributed by atoms with Crippen LogP contribution in [0.25, 0.3) is 0 Å². The summed E-state index contributed by atoms with van der Waals surface area (Å²) in [6.07, 6.45) is 1.23. The van der Waals surface area contributed by atoms with Crippen molar-refractivity contribution in [2.45, 2.75) is 20.4 Å². The van der Waals surface area contributed by atoms with Crippen LogP contribution in [0.4, 0.5) is 0 Å². The third-order valence-electron chi connectivity index (χ3n) is 1.72. The summed E-state index contributed by atoms with van der Waals surface area (Å²) < 4.78 is 26.9. The van der Waals surface area contributed by atoms with Crippen LogP contribution in [0.1, 0.15) is 20.9 Å². The highest BCUT2D eigenvalue weighted by Crippen LogP contribution is 2.23. The van der Waals surface area contributed by atoms with E-state index in [0.29, 0.717) is 11.3 Å². The van der Waals surface area contributed by atoms with Crippen LogP contribution in [-0.4, -0.2) is 17.2 Å². The van der Waals surface area contributed by atoms with E-state index in [2.05, 4.69) is 4.98 Å². The predicted molar refractivity (Wildman–Crippen MR) is 46.2 cm³/mol. The van der Waals surface area contributed by atoms with E-state index in [0.717, 1.165) is 0 Å². The molecular formula is C9H13NO2. The van der Waals surface area contributed by atoms with E-state index >= 15 is 0 Å². The lowest BCUT2D eigenvalue weighted by atomic mass is 10.1. The minimum atomic E-state index is -2.25. The van der Waals surface area contributed by atoms with Gasteiger partial charge in [-0.05, 0) is 13.8 Å². The number of hydrogen-bond acceptors (Lipinski definition) is 3. The summed E-state index contributed by atoms with van der Waals surface area (Å²) in [5.41, 5.74) is 1.06. The van der Waals surface area contributed by atoms with Gasteiger partial charge in [-0.15, -0.1) is 0 Å². The van der Waals surface area contributed by atoms with Gasteiger partial charge in [-0.25, -0.2) is 0 Å². The molecule has 0 spiro atoms. The molecular weight excluding hydrogens is 154 g/mol. The Hall–Kier alpha value is -1.09. The molecule has 0 unspecified atom stereocenters. The summed E-state index contributed by atoms with van der Waals surface area (Å²) in [5.74, 6) is 0.272. The quantitative estimate of drug-likeness (QED) is 0.725. The van der Waals surface area contributed by atoms with Crippen molar-refractivity contribution in [1.82, 2.24) is 4.98 Å². The molecule has 3 heteroatoms. The second-order valence-corrected chi connectivity index (χ2v) is 2.43. The molecule has 1 aromatic heterocycles. The lowest BCUT2D eigenvalue weighted by Crippen LogP contribution is -1.99. The van der Waals surface area contributed by atoms with Crippen molar-refractivity contribution in [2.24, 2.45) is 0 Å². The number of pyridine rings is 1. The van der Waals surface area contributed by atoms with Crippen molar-refractivity contribution in [3.05, 3.63) is 23.0 Å². The number of aliphatic hydroxyl groups is 1. The van der Waals surface area contributed by atoms with E-state index in [4.69, 9.17) is 14.0 Å². The minimum Gasteiger partial charge on any atom is -0.496 e. The van der Waals surface area contributed by atoms with Crippen LogP contribution in [0.2, 0.25) is 0 Å². The SMILES string of the molecule is [2H]C([2H])([2H])c1cnc(CO)c(C)c1OC. The molecule has 1 N–H and O–H groups in total. The molecule has 66 valence electrons. The number of aliphatic hydroxyl groups excluding tert-OH is 1. The molecule has 12 heavy (non-hydrogen) atoms. The Bertz CT molecular complexity index is 363. The number of hydrogen-bond donors (Lipinski definition) is 1. The van der Waals surface area contributed by atoms with Gasteiger partial charge in [-0.1, -0.05) is 0 Å². The Kier molecular flexibility index (Phi) is 1.63. The molecule has 0 saturated carbocycles. The third kappa shape index (κ3) is 1.41. The molecule has 0 saturated heterocycles. The van der Waals surface area contributed by atoms with Crippen LogP contribution in [0.5, 0.6) is 5.75 Å². The molecule has 0 aliphatic rings. The normalized spacial score (nSPS) is 14.8. The second kappa shape index (κ2) is 3.54. The van der Waals surface area contributed by atoms with Gasteiger partial charge in [0.25, 0.3) is 0 Å². The molecule has 0 aromatic carbocycles. The lowest BCUT2D eigenvalue weighted by Gasteiger charge is -2.10. The Morgan fingerprint density at radius 3 is 3.00 bits per heavy atom. The average molecular weight is 170 g/mol. The largest absolute Gasteiger partial charge is 0.496 e. The van der Waals surface area contributed by atoms with Gasteiger partial charge in [0.1, 0.15) is 5.75 Å². The average Bonchev–Trinajstić information content (AvgIpc) is 2.15. The molecule has 1 heterocycles. The molecule has 0 radical (unpaired) electrons. The number of nitrogens with zero attached hydrogens (tertiary/aromatic N) is 1. The van der Waals surface area contributed by atoms with Gasteiger partial charge in [0, 0.05) is 21.4 Å². The van der Waals surface area contributed by atoms with Crippen LogP contribution in [0, 0.1) is 13.8 Å². The molecule has 1 aromatic rings. The van der Waals surface area contributed by atoms with Gasteiger partial charge in [0.15, 0.2) is 0 Å². The number of aromatic nitrogens is 1. The van der Waals surface area contributed by atoms with E-state index < -0.39 is 6.85 Å². The zero-order chi connectivity index (χ0) is 11.6. The Labute approximate surface area is 76.2 Å². The molecule has 3 nitrogen and oxygen atoms in total. The standard InChI is InChI=1S/C9H13NO2/c1-6-4-10-8(5-11)7(2)9(6)12-3/h4,11H,5H2,1-3H3/i1D3. The second-order valence-electron chi connectivity index (χ2n) is 2.43. The maximum Gasteiger partial charge on any atom is 0.128 e. The summed E-state index contributed by atoms with van der Waals surface area (Å²) in [5, 5.41) is 8.97. The van der Waals surface area contributed by atoms with Crippen molar-refractivity contribution < 1.29 is 14.0 Å². The summed E-state index contributed by atoms with van der Waals surface area (Å²) in [4.78, 5) is 3.88. The van der Waals surface area contributed by atoms with Crippen molar-refractivity contribution >= 4 is 0 Å². The van der Waals surface area contributed by atoms with E-state index in [1.807, 2.05) is 0 Å². The maximum atomic E-state index is 8.97. The molecule has 0 bridgehead atoms. The fourth-order valence-corrected chi connectivity index (χ4v) is 1.05. The number of aryl methyl sites for hydroxylation is 1. The highest BCUT2D eigenvalue weighted by atomic mass is 16.5. The molecule has 1 rings (SSSR count). The fourth-order valence-electron chi connectivity index (χ4n) is 1.05. The van der Waals surface area contributed by atoms with Crippen molar-refractivity contribution in [3.63, 3.8) is 0 Å². The van der Waals surface area contributed by atoms with Crippen LogP contribution in [0.15, 0.2) is 6.20 Å². The maximum absolute atomic E-state index is 8.97. The van der Waals surface area contributed by atoms with Crippen LogP contribution in [0.3, 0.4) is 0 Å². The summed E-state index contributed by atoms with van der Waals surface area (Å²) in [6, 6.07) is 0. The Balaban J connectivity index is 3.38. The van der Waals surface area contributed by atoms with Crippen LogP contribution < -0.4 is 4.74 Å². The minimum absolute atomic E-state index is 0.0692. The third-order valence-corrected chi connectivity index (χ3v) is 1.72. The van der Waals surface area contributed by atoms with Gasteiger partial charge in [0.2, 0.25) is 0 Å². The molecule has 0 amide bonds. The fraction of sp³-hybridized carbons (Fsp3) is 0.444. The molecule has 0 atom stereocenters. The highest BCUT2D eigenvalue weighted by Gasteiger charge is 2.07. The van der Waals surface area contributed by atoms with Gasteiger partial charge in [0.05, 0.1) is 19.4 Å². The summed E-state index contributed by atoms with van der Waals surface area (Å²) in [7, 11) is 1.40. The summed E-state index contributed by atoms with van der Waals surface area (Å²) in [6.45, 7) is -0.812. The monoisotopic (exact) mass is 170 g/mol. The van der Waals surface area contributed by atoms with E-state index in [-0.39, 0.29) is 17.9 Å².